The molecule has 0 aromatic heterocycles. The molecule has 2 unspecified atom stereocenters. The van der Waals surface area contributed by atoms with Crippen molar-refractivity contribution in [2.75, 3.05) is 0 Å². The first-order valence-corrected chi connectivity index (χ1v) is 10.3. The molecule has 2 N–H and O–H groups in total. The molecule has 1 aromatic rings. The molecular weight excluding hydrogens is 591 g/mol. The van der Waals surface area contributed by atoms with Crippen molar-refractivity contribution in [2.24, 2.45) is 11.1 Å². The van der Waals surface area contributed by atoms with E-state index in [1.807, 2.05) is 0 Å². The Morgan fingerprint density at radius 3 is 2.20 bits per heavy atom. The van der Waals surface area contributed by atoms with Gasteiger partial charge in [0, 0.05) is 21.4 Å². The fourth-order valence-corrected chi connectivity index (χ4v) is 7.47. The maximum atomic E-state index is 6.43. The summed E-state index contributed by atoms with van der Waals surface area (Å²) in [4.78, 5) is 0. The number of benzene rings is 1. The fourth-order valence-electron chi connectivity index (χ4n) is 3.63. The lowest BCUT2D eigenvalue weighted by atomic mass is 9.55. The minimum absolute atomic E-state index is 0.257. The van der Waals surface area contributed by atoms with E-state index < -0.39 is 0 Å². The van der Waals surface area contributed by atoms with Gasteiger partial charge in [0.15, 0.2) is 0 Å². The number of hydrogen-bond donors (Lipinski definition) is 1. The summed E-state index contributed by atoms with van der Waals surface area (Å²) < 4.78 is 10.1. The molecule has 0 saturated heterocycles. The van der Waals surface area contributed by atoms with Gasteiger partial charge in [-0.15, -0.1) is 0 Å². The highest BCUT2D eigenvalue weighted by Crippen LogP contribution is 2.52. The average molecular weight is 609 g/mol. The van der Waals surface area contributed by atoms with Gasteiger partial charge in [0.05, 0.1) is 7.14 Å². The molecule has 0 amide bonds. The lowest BCUT2D eigenvalue weighted by molar-refractivity contribution is -0.0905. The molecule has 20 heavy (non-hydrogen) atoms. The van der Waals surface area contributed by atoms with Gasteiger partial charge in [-0.25, -0.2) is 0 Å². The van der Waals surface area contributed by atoms with Crippen LogP contribution in [0.3, 0.4) is 0 Å². The van der Waals surface area contributed by atoms with Gasteiger partial charge >= 0.3 is 0 Å². The molecule has 2 aliphatic rings. The summed E-state index contributed by atoms with van der Waals surface area (Å²) in [6.45, 7) is 0. The third-order valence-electron chi connectivity index (χ3n) is 4.86. The summed E-state index contributed by atoms with van der Waals surface area (Å²) in [6.07, 6.45) is 7.81. The van der Waals surface area contributed by atoms with Crippen LogP contribution in [0.4, 0.5) is 0 Å². The molecule has 0 radical (unpaired) electrons. The van der Waals surface area contributed by atoms with Crippen LogP contribution in [0.1, 0.15) is 38.5 Å². The van der Waals surface area contributed by atoms with Gasteiger partial charge in [0.2, 0.25) is 0 Å². The SMILES string of the molecule is NC1CC(Oc2c(I)cc(I)cc2I)C12CCCCC2. The molecule has 2 saturated carbocycles. The van der Waals surface area contributed by atoms with Crippen LogP contribution < -0.4 is 10.5 Å². The fraction of sp³-hybridized carbons (Fsp3) is 0.600. The van der Waals surface area contributed by atoms with Gasteiger partial charge in [-0.2, -0.15) is 0 Å². The van der Waals surface area contributed by atoms with Crippen LogP contribution in [0.15, 0.2) is 12.1 Å². The Labute approximate surface area is 161 Å². The van der Waals surface area contributed by atoms with Crippen LogP contribution in [0.2, 0.25) is 0 Å². The van der Waals surface area contributed by atoms with E-state index in [1.54, 1.807) is 0 Å². The molecule has 5 heteroatoms. The number of hydrogen-bond acceptors (Lipinski definition) is 2. The summed E-state index contributed by atoms with van der Waals surface area (Å²) in [5.74, 6) is 1.06. The third-order valence-corrected chi connectivity index (χ3v) is 7.08. The van der Waals surface area contributed by atoms with Crippen LogP contribution in [0.25, 0.3) is 0 Å². The first-order chi connectivity index (χ1) is 9.53. The van der Waals surface area contributed by atoms with Crippen molar-refractivity contribution in [1.29, 1.82) is 0 Å². The lowest BCUT2D eigenvalue weighted by Crippen LogP contribution is -2.64. The van der Waals surface area contributed by atoms with Gasteiger partial charge in [0.1, 0.15) is 11.9 Å². The van der Waals surface area contributed by atoms with Crippen molar-refractivity contribution in [3.8, 4) is 5.75 Å². The smallest absolute Gasteiger partial charge is 0.146 e. The van der Waals surface area contributed by atoms with Crippen LogP contribution in [-0.4, -0.2) is 12.1 Å². The summed E-state index contributed by atoms with van der Waals surface area (Å²) in [6, 6.07) is 4.71. The Hall–Kier alpha value is 1.17. The second-order valence-electron chi connectivity index (χ2n) is 5.94. The van der Waals surface area contributed by atoms with Gasteiger partial charge in [-0.3, -0.25) is 0 Å². The van der Waals surface area contributed by atoms with Gasteiger partial charge in [-0.1, -0.05) is 19.3 Å². The predicted octanol–water partition coefficient (Wildman–Crippen LogP) is 4.93. The Bertz CT molecular complexity index is 491. The highest BCUT2D eigenvalue weighted by atomic mass is 127. The van der Waals surface area contributed by atoms with Crippen LogP contribution in [0, 0.1) is 16.1 Å². The number of rotatable bonds is 2. The first kappa shape index (κ1) is 16.0. The number of halogens is 3. The van der Waals surface area contributed by atoms with Crippen LogP contribution in [0.5, 0.6) is 5.75 Å². The number of nitrogens with two attached hydrogens (primary N) is 1. The van der Waals surface area contributed by atoms with E-state index in [9.17, 15) is 0 Å². The molecule has 1 spiro atoms. The maximum Gasteiger partial charge on any atom is 0.146 e. The topological polar surface area (TPSA) is 35.2 Å². The Morgan fingerprint density at radius 1 is 1.05 bits per heavy atom. The van der Waals surface area contributed by atoms with Gasteiger partial charge in [0.25, 0.3) is 0 Å². The van der Waals surface area contributed by atoms with Crippen molar-refractivity contribution in [1.82, 2.24) is 0 Å². The third kappa shape index (κ3) is 2.84. The highest BCUT2D eigenvalue weighted by molar-refractivity contribution is 14.1. The second kappa shape index (κ2) is 6.35. The van der Waals surface area contributed by atoms with Crippen molar-refractivity contribution >= 4 is 67.8 Å². The molecule has 2 aliphatic carbocycles. The molecule has 1 aromatic carbocycles. The summed E-state index contributed by atoms with van der Waals surface area (Å²) in [5.41, 5.74) is 6.60. The summed E-state index contributed by atoms with van der Waals surface area (Å²) in [7, 11) is 0. The van der Waals surface area contributed by atoms with Crippen LogP contribution in [-0.2, 0) is 0 Å². The van der Waals surface area contributed by atoms with E-state index in [0.29, 0.717) is 12.1 Å². The number of ether oxygens (including phenoxy) is 1. The Balaban J connectivity index is 1.82. The van der Waals surface area contributed by atoms with E-state index in [4.69, 9.17) is 10.5 Å². The van der Waals surface area contributed by atoms with Gasteiger partial charge < -0.3 is 10.5 Å². The van der Waals surface area contributed by atoms with E-state index in [-0.39, 0.29) is 5.41 Å². The molecule has 110 valence electrons. The zero-order valence-electron chi connectivity index (χ0n) is 11.2. The molecule has 2 nitrogen and oxygen atoms in total. The molecule has 0 aliphatic heterocycles. The zero-order chi connectivity index (χ0) is 14.3. The van der Waals surface area contributed by atoms with E-state index in [1.165, 1.54) is 42.8 Å². The first-order valence-electron chi connectivity index (χ1n) is 7.10. The van der Waals surface area contributed by atoms with Crippen molar-refractivity contribution in [3.63, 3.8) is 0 Å². The van der Waals surface area contributed by atoms with E-state index in [2.05, 4.69) is 79.9 Å². The lowest BCUT2D eigenvalue weighted by Gasteiger charge is -2.56. The standard InChI is InChI=1S/C15H18I3NO/c16-9-6-10(17)14(11(18)7-9)20-13-8-12(19)15(13)4-2-1-3-5-15/h6-7,12-13H,1-5,8,19H2. The summed E-state index contributed by atoms with van der Waals surface area (Å²) >= 11 is 7.13. The quantitative estimate of drug-likeness (QED) is 0.484. The highest BCUT2D eigenvalue weighted by Gasteiger charge is 2.55. The minimum Gasteiger partial charge on any atom is -0.488 e. The van der Waals surface area contributed by atoms with Crippen molar-refractivity contribution in [2.45, 2.75) is 50.7 Å². The Kier molecular flexibility index (Phi) is 5.09. The predicted molar refractivity (Wildman–Crippen MR) is 107 cm³/mol. The Morgan fingerprint density at radius 2 is 1.65 bits per heavy atom. The molecule has 0 heterocycles. The van der Waals surface area contributed by atoms with Crippen molar-refractivity contribution in [3.05, 3.63) is 22.8 Å². The molecule has 3 rings (SSSR count). The summed E-state index contributed by atoms with van der Waals surface area (Å²) in [5, 5.41) is 0. The van der Waals surface area contributed by atoms with Gasteiger partial charge in [-0.05, 0) is 92.7 Å². The van der Waals surface area contributed by atoms with E-state index >= 15 is 0 Å². The maximum absolute atomic E-state index is 6.43. The molecule has 0 bridgehead atoms. The molecular formula is C15H18I3NO. The zero-order valence-corrected chi connectivity index (χ0v) is 17.6. The normalized spacial score (nSPS) is 28.2. The second-order valence-corrected chi connectivity index (χ2v) is 9.51. The molecule has 2 fully saturated rings. The monoisotopic (exact) mass is 609 g/mol. The molecule has 2 atom stereocenters. The largest absolute Gasteiger partial charge is 0.488 e. The minimum atomic E-state index is 0.257. The average Bonchev–Trinajstić information content (AvgIpc) is 2.42. The van der Waals surface area contributed by atoms with Crippen LogP contribution >= 0.6 is 67.8 Å². The van der Waals surface area contributed by atoms with Crippen molar-refractivity contribution < 1.29 is 4.74 Å². The van der Waals surface area contributed by atoms with E-state index in [0.717, 1.165) is 12.2 Å².